The number of nitrogens with zero attached hydrogens (tertiary/aromatic N) is 2. The van der Waals surface area contributed by atoms with Crippen LogP contribution in [0.3, 0.4) is 0 Å². The summed E-state index contributed by atoms with van der Waals surface area (Å²) >= 11 is 0. The Kier molecular flexibility index (Phi) is 8.99. The summed E-state index contributed by atoms with van der Waals surface area (Å²) in [6.45, 7) is 11.7. The predicted octanol–water partition coefficient (Wildman–Crippen LogP) is 3.69. The van der Waals surface area contributed by atoms with Crippen molar-refractivity contribution in [2.75, 3.05) is 33.4 Å². The molecule has 0 saturated carbocycles. The third kappa shape index (κ3) is 5.72. The number of benzene rings is 1. The first kappa shape index (κ1) is 26.8. The highest BCUT2D eigenvalue weighted by molar-refractivity contribution is 7.89. The third-order valence-electron chi connectivity index (χ3n) is 5.74. The molecule has 0 fully saturated rings. The Balaban J connectivity index is 2.22. The Labute approximate surface area is 196 Å². The van der Waals surface area contributed by atoms with Gasteiger partial charge in [-0.25, -0.2) is 13.2 Å². The molecule has 182 valence electrons. The number of ether oxygens (including phenoxy) is 2. The lowest BCUT2D eigenvalue weighted by molar-refractivity contribution is 0.0473. The molecular weight excluding hydrogens is 444 g/mol. The molecule has 2 rings (SSSR count). The fourth-order valence-electron chi connectivity index (χ4n) is 4.03. The quantitative estimate of drug-likeness (QED) is 0.361. The SMILES string of the molecule is CCN(CC)S(=O)(=O)c1ccc(C)c(C(=O)OCC(=O)c2cc(C)n(C(C)COC)c2C)c1. The Bertz CT molecular complexity index is 1120. The lowest BCUT2D eigenvalue weighted by Gasteiger charge is -2.19. The molecule has 0 amide bonds. The highest BCUT2D eigenvalue weighted by Gasteiger charge is 2.25. The lowest BCUT2D eigenvalue weighted by Crippen LogP contribution is -2.30. The summed E-state index contributed by atoms with van der Waals surface area (Å²) in [6.07, 6.45) is 0. The van der Waals surface area contributed by atoms with Crippen LogP contribution < -0.4 is 0 Å². The van der Waals surface area contributed by atoms with Crippen LogP contribution in [0, 0.1) is 20.8 Å². The van der Waals surface area contributed by atoms with E-state index in [-0.39, 0.29) is 22.3 Å². The average Bonchev–Trinajstić information content (AvgIpc) is 3.06. The van der Waals surface area contributed by atoms with E-state index < -0.39 is 22.6 Å². The zero-order chi connectivity index (χ0) is 24.9. The molecule has 1 aromatic heterocycles. The van der Waals surface area contributed by atoms with Gasteiger partial charge in [0.05, 0.1) is 23.1 Å². The van der Waals surface area contributed by atoms with Crippen LogP contribution in [0.5, 0.6) is 0 Å². The normalized spacial score (nSPS) is 12.7. The Hall–Kier alpha value is -2.49. The van der Waals surface area contributed by atoms with E-state index in [2.05, 4.69) is 0 Å². The second-order valence-corrected chi connectivity index (χ2v) is 9.96. The van der Waals surface area contributed by atoms with Crippen molar-refractivity contribution in [3.63, 3.8) is 0 Å². The summed E-state index contributed by atoms with van der Waals surface area (Å²) < 4.78 is 39.5. The van der Waals surface area contributed by atoms with Gasteiger partial charge in [0.15, 0.2) is 6.61 Å². The van der Waals surface area contributed by atoms with Crippen molar-refractivity contribution in [3.8, 4) is 0 Å². The number of carbonyl (C=O) groups is 2. The van der Waals surface area contributed by atoms with Gasteiger partial charge in [-0.1, -0.05) is 19.9 Å². The maximum absolute atomic E-state index is 12.8. The van der Waals surface area contributed by atoms with Crippen LogP contribution in [-0.4, -0.2) is 62.5 Å². The molecule has 9 heteroatoms. The van der Waals surface area contributed by atoms with Crippen LogP contribution in [0.4, 0.5) is 0 Å². The Morgan fingerprint density at radius 2 is 1.70 bits per heavy atom. The second-order valence-electron chi connectivity index (χ2n) is 8.02. The lowest BCUT2D eigenvalue weighted by atomic mass is 10.1. The molecule has 33 heavy (non-hydrogen) atoms. The summed E-state index contributed by atoms with van der Waals surface area (Å²) in [5, 5.41) is 0. The van der Waals surface area contributed by atoms with Gasteiger partial charge in [0.2, 0.25) is 15.8 Å². The first-order valence-corrected chi connectivity index (χ1v) is 12.4. The van der Waals surface area contributed by atoms with Crippen LogP contribution in [0.25, 0.3) is 0 Å². The standard InChI is InChI=1S/C24H34N2O6S/c1-8-25(9-2)33(29,30)20-11-10-16(3)21(13-20)24(28)32-15-23(27)22-12-17(4)26(19(22)6)18(5)14-31-7/h10-13,18H,8-9,14-15H2,1-7H3. The number of esters is 1. The van der Waals surface area contributed by atoms with E-state index in [9.17, 15) is 18.0 Å². The van der Waals surface area contributed by atoms with Crippen molar-refractivity contribution in [3.05, 3.63) is 52.3 Å². The van der Waals surface area contributed by atoms with Crippen LogP contribution >= 0.6 is 0 Å². The fraction of sp³-hybridized carbons (Fsp3) is 0.500. The van der Waals surface area contributed by atoms with E-state index in [1.165, 1.54) is 16.4 Å². The molecule has 0 bridgehead atoms. The minimum Gasteiger partial charge on any atom is -0.454 e. The average molecular weight is 479 g/mol. The zero-order valence-corrected chi connectivity index (χ0v) is 21.3. The Morgan fingerprint density at radius 3 is 2.27 bits per heavy atom. The fourth-order valence-corrected chi connectivity index (χ4v) is 5.52. The highest BCUT2D eigenvalue weighted by Crippen LogP contribution is 2.23. The number of carbonyl (C=O) groups excluding carboxylic acids is 2. The number of ketones is 1. The summed E-state index contributed by atoms with van der Waals surface area (Å²) in [7, 11) is -2.10. The number of hydrogen-bond acceptors (Lipinski definition) is 6. The summed E-state index contributed by atoms with van der Waals surface area (Å²) in [5.41, 5.74) is 2.86. The van der Waals surface area contributed by atoms with Crippen LogP contribution in [0.1, 0.15) is 64.5 Å². The number of aromatic nitrogens is 1. The number of rotatable bonds is 11. The van der Waals surface area contributed by atoms with E-state index in [0.29, 0.717) is 30.8 Å². The molecule has 1 aromatic carbocycles. The number of aryl methyl sites for hydroxylation is 2. The molecule has 0 saturated heterocycles. The second kappa shape index (κ2) is 11.1. The molecular formula is C24H34N2O6S. The molecule has 1 unspecified atom stereocenters. The van der Waals surface area contributed by atoms with Gasteiger partial charge in [0, 0.05) is 37.2 Å². The first-order valence-electron chi connectivity index (χ1n) is 11.0. The monoisotopic (exact) mass is 478 g/mol. The van der Waals surface area contributed by atoms with Crippen molar-refractivity contribution in [1.29, 1.82) is 0 Å². The first-order chi connectivity index (χ1) is 15.5. The third-order valence-corrected chi connectivity index (χ3v) is 7.79. The van der Waals surface area contributed by atoms with Gasteiger partial charge in [-0.15, -0.1) is 0 Å². The topological polar surface area (TPSA) is 94.9 Å². The minimum atomic E-state index is -3.72. The van der Waals surface area contributed by atoms with Crippen molar-refractivity contribution in [2.45, 2.75) is 52.5 Å². The number of methoxy groups -OCH3 is 1. The van der Waals surface area contributed by atoms with Crippen molar-refractivity contribution in [2.24, 2.45) is 0 Å². The van der Waals surface area contributed by atoms with Gasteiger partial charge in [-0.3, -0.25) is 4.79 Å². The molecule has 0 aliphatic rings. The van der Waals surface area contributed by atoms with Gasteiger partial charge >= 0.3 is 5.97 Å². The zero-order valence-electron chi connectivity index (χ0n) is 20.5. The largest absolute Gasteiger partial charge is 0.454 e. The maximum atomic E-state index is 12.8. The van der Waals surface area contributed by atoms with Crippen LogP contribution in [0.15, 0.2) is 29.2 Å². The Morgan fingerprint density at radius 1 is 1.06 bits per heavy atom. The minimum absolute atomic E-state index is 0.0192. The molecule has 0 aliphatic heterocycles. The summed E-state index contributed by atoms with van der Waals surface area (Å²) in [5.74, 6) is -1.06. The number of hydrogen-bond donors (Lipinski definition) is 0. The van der Waals surface area contributed by atoms with Gasteiger partial charge in [0.25, 0.3) is 0 Å². The molecule has 1 atom stereocenters. The smallest absolute Gasteiger partial charge is 0.338 e. The van der Waals surface area contributed by atoms with E-state index >= 15 is 0 Å². The van der Waals surface area contributed by atoms with E-state index in [1.807, 2.05) is 25.3 Å². The maximum Gasteiger partial charge on any atom is 0.338 e. The molecule has 2 aromatic rings. The van der Waals surface area contributed by atoms with Crippen molar-refractivity contribution in [1.82, 2.24) is 8.87 Å². The van der Waals surface area contributed by atoms with Crippen molar-refractivity contribution >= 4 is 21.8 Å². The number of sulfonamides is 1. The molecule has 0 spiro atoms. The predicted molar refractivity (Wildman–Crippen MR) is 126 cm³/mol. The van der Waals surface area contributed by atoms with Gasteiger partial charge in [-0.05, 0) is 51.5 Å². The van der Waals surface area contributed by atoms with E-state index in [1.54, 1.807) is 40.0 Å². The highest BCUT2D eigenvalue weighted by atomic mass is 32.2. The molecule has 1 heterocycles. The molecule has 0 radical (unpaired) electrons. The van der Waals surface area contributed by atoms with Crippen LogP contribution in [0.2, 0.25) is 0 Å². The number of Topliss-reactive ketones (excluding diaryl/α,β-unsaturated/α-hetero) is 1. The van der Waals surface area contributed by atoms with Gasteiger partial charge in [0.1, 0.15) is 0 Å². The van der Waals surface area contributed by atoms with E-state index in [4.69, 9.17) is 9.47 Å². The van der Waals surface area contributed by atoms with E-state index in [0.717, 1.165) is 11.4 Å². The summed E-state index contributed by atoms with van der Waals surface area (Å²) in [4.78, 5) is 25.6. The van der Waals surface area contributed by atoms with Gasteiger partial charge in [-0.2, -0.15) is 4.31 Å². The molecule has 8 nitrogen and oxygen atoms in total. The van der Waals surface area contributed by atoms with Gasteiger partial charge < -0.3 is 14.0 Å². The van der Waals surface area contributed by atoms with Crippen LogP contribution in [-0.2, 0) is 19.5 Å². The van der Waals surface area contributed by atoms with Crippen molar-refractivity contribution < 1.29 is 27.5 Å². The summed E-state index contributed by atoms with van der Waals surface area (Å²) in [6, 6.07) is 6.19. The molecule has 0 N–H and O–H groups in total. The molecule has 0 aliphatic carbocycles.